The Kier molecular flexibility index (Phi) is 4.37. The molecule has 4 nitrogen and oxygen atoms in total. The van der Waals surface area contributed by atoms with E-state index < -0.39 is 0 Å². The molecule has 0 radical (unpaired) electrons. The second kappa shape index (κ2) is 6.02. The summed E-state index contributed by atoms with van der Waals surface area (Å²) in [6, 6.07) is 4.49. The molecule has 0 aromatic carbocycles. The van der Waals surface area contributed by atoms with E-state index in [9.17, 15) is 0 Å². The van der Waals surface area contributed by atoms with Crippen LogP contribution >= 0.6 is 11.3 Å². The van der Waals surface area contributed by atoms with Crippen LogP contribution in [0.1, 0.15) is 42.6 Å². The minimum Gasteiger partial charge on any atom is -0.383 e. The van der Waals surface area contributed by atoms with E-state index in [0.717, 1.165) is 30.0 Å². The van der Waals surface area contributed by atoms with Gasteiger partial charge in [-0.25, -0.2) is 9.97 Å². The summed E-state index contributed by atoms with van der Waals surface area (Å²) < 4.78 is 0. The van der Waals surface area contributed by atoms with Crippen LogP contribution in [0, 0.1) is 6.92 Å². The third kappa shape index (κ3) is 3.04. The number of nitrogens with one attached hydrogen (secondary N) is 1. The fraction of sp³-hybridized carbons (Fsp3) is 0.429. The lowest BCUT2D eigenvalue weighted by molar-refractivity contribution is 0.753. The predicted molar refractivity (Wildman–Crippen MR) is 81.5 cm³/mol. The average Bonchev–Trinajstić information content (AvgIpc) is 2.94. The number of aryl methyl sites for hydroxylation is 1. The molecular weight excluding hydrogens is 256 g/mol. The number of hydrogen-bond acceptors (Lipinski definition) is 5. The summed E-state index contributed by atoms with van der Waals surface area (Å²) in [6.45, 7) is 6.15. The highest BCUT2D eigenvalue weighted by Crippen LogP contribution is 2.28. The Morgan fingerprint density at radius 1 is 1.37 bits per heavy atom. The summed E-state index contributed by atoms with van der Waals surface area (Å²) in [4.78, 5) is 10.1. The zero-order valence-electron chi connectivity index (χ0n) is 11.6. The topological polar surface area (TPSA) is 63.8 Å². The minimum atomic E-state index is 0.276. The molecule has 0 aliphatic carbocycles. The van der Waals surface area contributed by atoms with Gasteiger partial charge in [-0.05, 0) is 24.8 Å². The molecule has 0 fully saturated rings. The SMILES string of the molecule is CCc1nc(N)c(C)c(NC(CC)c2cccs2)n1. The molecule has 1 atom stereocenters. The molecule has 19 heavy (non-hydrogen) atoms. The molecule has 0 amide bonds. The molecule has 5 heteroatoms. The van der Waals surface area contributed by atoms with Crippen LogP contribution in [0.4, 0.5) is 11.6 Å². The van der Waals surface area contributed by atoms with Crippen LogP contribution in [-0.4, -0.2) is 9.97 Å². The van der Waals surface area contributed by atoms with Gasteiger partial charge in [0.15, 0.2) is 0 Å². The highest BCUT2D eigenvalue weighted by Gasteiger charge is 2.14. The Hall–Kier alpha value is -1.62. The average molecular weight is 276 g/mol. The van der Waals surface area contributed by atoms with Gasteiger partial charge in [0.1, 0.15) is 17.5 Å². The Bertz CT molecular complexity index is 537. The third-order valence-electron chi connectivity index (χ3n) is 3.15. The van der Waals surface area contributed by atoms with Crippen molar-refractivity contribution in [1.82, 2.24) is 9.97 Å². The highest BCUT2D eigenvalue weighted by atomic mass is 32.1. The Balaban J connectivity index is 2.29. The number of rotatable bonds is 5. The number of hydrogen-bond donors (Lipinski definition) is 2. The Labute approximate surface area is 118 Å². The molecule has 2 heterocycles. The number of anilines is 2. The summed E-state index contributed by atoms with van der Waals surface area (Å²) in [5.41, 5.74) is 6.87. The lowest BCUT2D eigenvalue weighted by Gasteiger charge is -2.18. The molecule has 2 aromatic heterocycles. The van der Waals surface area contributed by atoms with Crippen LogP contribution in [0.5, 0.6) is 0 Å². The Morgan fingerprint density at radius 3 is 2.74 bits per heavy atom. The molecular formula is C14H20N4S. The molecule has 0 saturated heterocycles. The molecule has 0 saturated carbocycles. The van der Waals surface area contributed by atoms with Crippen molar-refractivity contribution < 1.29 is 0 Å². The first-order chi connectivity index (χ1) is 9.15. The Morgan fingerprint density at radius 2 is 2.16 bits per heavy atom. The lowest BCUT2D eigenvalue weighted by atomic mass is 10.1. The van der Waals surface area contributed by atoms with E-state index in [4.69, 9.17) is 5.73 Å². The van der Waals surface area contributed by atoms with E-state index in [2.05, 4.69) is 39.7 Å². The standard InChI is InChI=1S/C14H20N4S/c1-4-10(11-7-6-8-19-11)16-14-9(3)13(15)17-12(5-2)18-14/h6-8,10H,4-5H2,1-3H3,(H3,15,16,17,18). The molecule has 0 spiro atoms. The van der Waals surface area contributed by atoms with Crippen LogP contribution < -0.4 is 11.1 Å². The molecule has 3 N–H and O–H groups in total. The van der Waals surface area contributed by atoms with Gasteiger partial charge in [0.25, 0.3) is 0 Å². The van der Waals surface area contributed by atoms with E-state index in [1.165, 1.54) is 4.88 Å². The normalized spacial score (nSPS) is 12.4. The maximum atomic E-state index is 5.94. The predicted octanol–water partition coefficient (Wildman–Crippen LogP) is 3.55. The number of nitrogens with two attached hydrogens (primary N) is 1. The summed E-state index contributed by atoms with van der Waals surface area (Å²) in [6.07, 6.45) is 1.79. The van der Waals surface area contributed by atoms with E-state index in [1.54, 1.807) is 11.3 Å². The van der Waals surface area contributed by atoms with Gasteiger partial charge < -0.3 is 11.1 Å². The van der Waals surface area contributed by atoms with Crippen molar-refractivity contribution in [2.24, 2.45) is 0 Å². The fourth-order valence-electron chi connectivity index (χ4n) is 1.91. The van der Waals surface area contributed by atoms with E-state index in [1.807, 2.05) is 13.8 Å². The number of nitrogens with zero attached hydrogens (tertiary/aromatic N) is 2. The zero-order chi connectivity index (χ0) is 13.8. The van der Waals surface area contributed by atoms with E-state index in [0.29, 0.717) is 5.82 Å². The molecule has 0 aliphatic rings. The number of thiophene rings is 1. The van der Waals surface area contributed by atoms with Crippen molar-refractivity contribution in [1.29, 1.82) is 0 Å². The molecule has 2 rings (SSSR count). The maximum Gasteiger partial charge on any atom is 0.135 e. The van der Waals surface area contributed by atoms with Crippen molar-refractivity contribution in [2.75, 3.05) is 11.1 Å². The molecule has 2 aromatic rings. The second-order valence-corrected chi connectivity index (χ2v) is 5.45. The van der Waals surface area contributed by atoms with Crippen LogP contribution in [0.15, 0.2) is 17.5 Å². The monoisotopic (exact) mass is 276 g/mol. The van der Waals surface area contributed by atoms with Crippen molar-refractivity contribution in [3.63, 3.8) is 0 Å². The van der Waals surface area contributed by atoms with Gasteiger partial charge in [-0.15, -0.1) is 11.3 Å². The quantitative estimate of drug-likeness (QED) is 0.876. The third-order valence-corrected chi connectivity index (χ3v) is 4.14. The number of aromatic nitrogens is 2. The summed E-state index contributed by atoms with van der Waals surface area (Å²) in [7, 11) is 0. The first-order valence-corrected chi connectivity index (χ1v) is 7.46. The van der Waals surface area contributed by atoms with Gasteiger partial charge in [0.2, 0.25) is 0 Å². The van der Waals surface area contributed by atoms with E-state index >= 15 is 0 Å². The summed E-state index contributed by atoms with van der Waals surface area (Å²) >= 11 is 1.76. The maximum absolute atomic E-state index is 5.94. The van der Waals surface area contributed by atoms with Crippen LogP contribution in [0.2, 0.25) is 0 Å². The van der Waals surface area contributed by atoms with Gasteiger partial charge in [-0.2, -0.15) is 0 Å². The lowest BCUT2D eigenvalue weighted by Crippen LogP contribution is -2.13. The number of nitrogen functional groups attached to an aromatic ring is 1. The van der Waals surface area contributed by atoms with Gasteiger partial charge in [0.05, 0.1) is 6.04 Å². The highest BCUT2D eigenvalue weighted by molar-refractivity contribution is 7.10. The molecule has 0 aliphatic heterocycles. The zero-order valence-corrected chi connectivity index (χ0v) is 12.4. The second-order valence-electron chi connectivity index (χ2n) is 4.47. The van der Waals surface area contributed by atoms with Gasteiger partial charge in [0, 0.05) is 16.9 Å². The first kappa shape index (κ1) is 13.8. The van der Waals surface area contributed by atoms with E-state index in [-0.39, 0.29) is 6.04 Å². The first-order valence-electron chi connectivity index (χ1n) is 6.58. The largest absolute Gasteiger partial charge is 0.383 e. The summed E-state index contributed by atoms with van der Waals surface area (Å²) in [5, 5.41) is 5.59. The smallest absolute Gasteiger partial charge is 0.135 e. The van der Waals surface area contributed by atoms with Gasteiger partial charge in [-0.3, -0.25) is 0 Å². The van der Waals surface area contributed by atoms with Crippen molar-refractivity contribution in [3.05, 3.63) is 33.8 Å². The molecule has 0 bridgehead atoms. The minimum absolute atomic E-state index is 0.276. The molecule has 102 valence electrons. The van der Waals surface area contributed by atoms with Crippen LogP contribution in [0.3, 0.4) is 0 Å². The van der Waals surface area contributed by atoms with Crippen LogP contribution in [0.25, 0.3) is 0 Å². The van der Waals surface area contributed by atoms with Gasteiger partial charge in [-0.1, -0.05) is 19.9 Å². The molecule has 1 unspecified atom stereocenters. The van der Waals surface area contributed by atoms with Gasteiger partial charge >= 0.3 is 0 Å². The summed E-state index contributed by atoms with van der Waals surface area (Å²) in [5.74, 6) is 2.20. The van der Waals surface area contributed by atoms with Crippen molar-refractivity contribution >= 4 is 23.0 Å². The van der Waals surface area contributed by atoms with Crippen molar-refractivity contribution in [3.8, 4) is 0 Å². The van der Waals surface area contributed by atoms with Crippen molar-refractivity contribution in [2.45, 2.75) is 39.7 Å². The fourth-order valence-corrected chi connectivity index (χ4v) is 2.77. The van der Waals surface area contributed by atoms with Crippen LogP contribution in [-0.2, 0) is 6.42 Å².